The van der Waals surface area contributed by atoms with Crippen LogP contribution in [0.1, 0.15) is 67.2 Å². The van der Waals surface area contributed by atoms with Crippen molar-refractivity contribution in [3.05, 3.63) is 172 Å². The molecular weight excluding hydrogens is 728 g/mol. The smallest absolute Gasteiger partial charge is 0.338 e. The number of hydrogen-bond acceptors (Lipinski definition) is 11. The summed E-state index contributed by atoms with van der Waals surface area (Å²) >= 11 is 0. The average Bonchev–Trinajstić information content (AvgIpc) is 3.25. The summed E-state index contributed by atoms with van der Waals surface area (Å²) in [6, 6.07) is 38.7. The van der Waals surface area contributed by atoms with Gasteiger partial charge in [-0.05, 0) is 71.1 Å². The topological polar surface area (TPSA) is 133 Å². The van der Waals surface area contributed by atoms with E-state index in [0.717, 1.165) is 17.5 Å². The molecule has 1 fully saturated rings. The maximum Gasteiger partial charge on any atom is 0.338 e. The van der Waals surface area contributed by atoms with E-state index in [9.17, 15) is 19.2 Å². The zero-order valence-electron chi connectivity index (χ0n) is 31.9. The monoisotopic (exact) mass is 772 g/mol. The molecule has 0 aromatic heterocycles. The first-order chi connectivity index (χ1) is 27.7. The molecule has 294 valence electrons. The second-order valence-corrected chi connectivity index (χ2v) is 13.4. The number of aryl methyl sites for hydroxylation is 1. The molecule has 5 atom stereocenters. The van der Waals surface area contributed by atoms with Crippen molar-refractivity contribution in [3.8, 4) is 5.75 Å². The van der Waals surface area contributed by atoms with Gasteiger partial charge in [0.05, 0.1) is 16.7 Å². The lowest BCUT2D eigenvalue weighted by Crippen LogP contribution is -2.63. The summed E-state index contributed by atoms with van der Waals surface area (Å²) in [6.07, 6.45) is -5.04. The quantitative estimate of drug-likeness (QED) is 0.0783. The first kappa shape index (κ1) is 40.4. The zero-order valence-corrected chi connectivity index (χ0v) is 31.9. The fraction of sp³-hybridized carbons (Fsp3) is 0.261. The molecule has 1 aliphatic heterocycles. The maximum absolute atomic E-state index is 13.8. The summed E-state index contributed by atoms with van der Waals surface area (Å²) in [4.78, 5) is 52.4. The van der Waals surface area contributed by atoms with Crippen molar-refractivity contribution < 1.29 is 52.3 Å². The van der Waals surface area contributed by atoms with Crippen molar-refractivity contribution in [2.24, 2.45) is 0 Å². The molecule has 0 saturated carbocycles. The van der Waals surface area contributed by atoms with Gasteiger partial charge in [0.1, 0.15) is 31.2 Å². The first-order valence-electron chi connectivity index (χ1n) is 18.6. The SMILES string of the molecule is CCc1ccc(Cc2ccc(COC(C)=O)cc2O[C@H]2O[C@H](COC(=O)c3ccccc3)[C@@H](OC)[C@H](OC(=O)c3ccccc3)[C@H]2OC(=O)c2ccccc2)cc1. The molecule has 6 rings (SSSR count). The Morgan fingerprint density at radius 1 is 0.596 bits per heavy atom. The first-order valence-corrected chi connectivity index (χ1v) is 18.6. The van der Waals surface area contributed by atoms with E-state index in [1.165, 1.54) is 19.6 Å². The van der Waals surface area contributed by atoms with Crippen LogP contribution in [0.25, 0.3) is 0 Å². The highest BCUT2D eigenvalue weighted by Crippen LogP contribution is 2.34. The summed E-state index contributed by atoms with van der Waals surface area (Å²) in [7, 11) is 1.39. The van der Waals surface area contributed by atoms with Crippen LogP contribution in [0.15, 0.2) is 133 Å². The van der Waals surface area contributed by atoms with E-state index in [1.54, 1.807) is 97.1 Å². The van der Waals surface area contributed by atoms with Gasteiger partial charge in [0.25, 0.3) is 0 Å². The summed E-state index contributed by atoms with van der Waals surface area (Å²) in [6.45, 7) is 3.04. The van der Waals surface area contributed by atoms with Crippen LogP contribution in [0, 0.1) is 0 Å². The van der Waals surface area contributed by atoms with Crippen LogP contribution in [0.4, 0.5) is 0 Å². The van der Waals surface area contributed by atoms with E-state index in [4.69, 9.17) is 33.2 Å². The molecule has 0 unspecified atom stereocenters. The predicted octanol–water partition coefficient (Wildman–Crippen LogP) is 7.33. The fourth-order valence-electron chi connectivity index (χ4n) is 6.37. The Hall–Kier alpha value is -6.30. The molecule has 57 heavy (non-hydrogen) atoms. The van der Waals surface area contributed by atoms with Crippen molar-refractivity contribution in [2.75, 3.05) is 13.7 Å². The van der Waals surface area contributed by atoms with Gasteiger partial charge in [-0.3, -0.25) is 4.79 Å². The van der Waals surface area contributed by atoms with Crippen molar-refractivity contribution in [1.29, 1.82) is 0 Å². The van der Waals surface area contributed by atoms with Crippen molar-refractivity contribution in [1.82, 2.24) is 0 Å². The van der Waals surface area contributed by atoms with Gasteiger partial charge in [-0.25, -0.2) is 14.4 Å². The summed E-state index contributed by atoms with van der Waals surface area (Å²) in [5.41, 5.74) is 4.34. The predicted molar refractivity (Wildman–Crippen MR) is 209 cm³/mol. The molecule has 0 aliphatic carbocycles. The molecule has 0 N–H and O–H groups in total. The third-order valence-corrected chi connectivity index (χ3v) is 9.40. The number of hydrogen-bond donors (Lipinski definition) is 0. The number of ether oxygens (including phenoxy) is 7. The molecule has 0 spiro atoms. The Labute approximate surface area is 331 Å². The number of rotatable bonds is 15. The summed E-state index contributed by atoms with van der Waals surface area (Å²) in [5.74, 6) is -2.20. The van der Waals surface area contributed by atoms with Crippen LogP contribution in [0.5, 0.6) is 5.75 Å². The second kappa shape index (κ2) is 19.5. The van der Waals surface area contributed by atoms with E-state index in [2.05, 4.69) is 19.1 Å². The zero-order chi connectivity index (χ0) is 40.1. The van der Waals surface area contributed by atoms with Crippen molar-refractivity contribution in [2.45, 2.75) is 64.0 Å². The molecule has 0 radical (unpaired) electrons. The molecule has 5 aromatic carbocycles. The third-order valence-electron chi connectivity index (χ3n) is 9.40. The lowest BCUT2D eigenvalue weighted by Gasteiger charge is -2.44. The lowest BCUT2D eigenvalue weighted by atomic mass is 9.97. The highest BCUT2D eigenvalue weighted by molar-refractivity contribution is 5.90. The third kappa shape index (κ3) is 10.7. The number of carbonyl (C=O) groups excluding carboxylic acids is 4. The van der Waals surface area contributed by atoms with Gasteiger partial charge >= 0.3 is 23.9 Å². The second-order valence-electron chi connectivity index (χ2n) is 13.4. The van der Waals surface area contributed by atoms with Crippen LogP contribution < -0.4 is 4.74 Å². The minimum Gasteiger partial charge on any atom is -0.461 e. The molecule has 11 heteroatoms. The van der Waals surface area contributed by atoms with E-state index in [1.807, 2.05) is 24.3 Å². The van der Waals surface area contributed by atoms with Gasteiger partial charge in [0.15, 0.2) is 6.10 Å². The molecule has 11 nitrogen and oxygen atoms in total. The van der Waals surface area contributed by atoms with Gasteiger partial charge in [0.2, 0.25) is 12.4 Å². The van der Waals surface area contributed by atoms with Crippen molar-refractivity contribution >= 4 is 23.9 Å². The maximum atomic E-state index is 13.8. The molecule has 1 heterocycles. The molecular formula is C46H44O11. The Bertz CT molecular complexity index is 2100. The number of methoxy groups -OCH3 is 1. The molecule has 1 saturated heterocycles. The van der Waals surface area contributed by atoms with Gasteiger partial charge < -0.3 is 33.2 Å². The minimum atomic E-state index is -1.44. The minimum absolute atomic E-state index is 0.0315. The Kier molecular flexibility index (Phi) is 13.8. The average molecular weight is 773 g/mol. The van der Waals surface area contributed by atoms with Crippen LogP contribution in [0.2, 0.25) is 0 Å². The van der Waals surface area contributed by atoms with E-state index in [-0.39, 0.29) is 24.3 Å². The van der Waals surface area contributed by atoms with Gasteiger partial charge in [0, 0.05) is 20.5 Å². The van der Waals surface area contributed by atoms with E-state index >= 15 is 0 Å². The van der Waals surface area contributed by atoms with Crippen LogP contribution >= 0.6 is 0 Å². The van der Waals surface area contributed by atoms with Gasteiger partial charge in [-0.1, -0.05) is 97.9 Å². The van der Waals surface area contributed by atoms with Crippen LogP contribution in [-0.2, 0) is 52.7 Å². The van der Waals surface area contributed by atoms with Crippen LogP contribution in [-0.4, -0.2) is 68.3 Å². The fourth-order valence-corrected chi connectivity index (χ4v) is 6.37. The standard InChI is InChI=1S/C46H44O11/c1-4-31-20-22-32(23-21-31)26-37-25-24-33(28-52-30(2)47)27-38(37)54-46-42(57-45(50)36-18-12-7-13-19-36)41(56-44(49)35-16-10-6-11-17-35)40(51-3)39(55-46)29-53-43(48)34-14-8-5-9-15-34/h5-25,27,39-42,46H,4,26,28-29H2,1-3H3/t39-,40-,41+,42-,46+/m1/s1. The Morgan fingerprint density at radius 2 is 1.12 bits per heavy atom. The molecule has 1 aliphatic rings. The molecule has 0 bridgehead atoms. The Balaban J connectivity index is 1.41. The Morgan fingerprint density at radius 3 is 1.67 bits per heavy atom. The van der Waals surface area contributed by atoms with E-state index in [0.29, 0.717) is 23.3 Å². The summed E-state index contributed by atoms with van der Waals surface area (Å²) < 4.78 is 42.5. The summed E-state index contributed by atoms with van der Waals surface area (Å²) in [5, 5.41) is 0. The highest BCUT2D eigenvalue weighted by Gasteiger charge is 2.52. The number of benzene rings is 5. The molecule has 0 amide bonds. The number of esters is 4. The molecule has 5 aromatic rings. The largest absolute Gasteiger partial charge is 0.461 e. The van der Waals surface area contributed by atoms with Crippen LogP contribution in [0.3, 0.4) is 0 Å². The number of carbonyl (C=O) groups is 4. The normalized spacial score (nSPS) is 18.8. The van der Waals surface area contributed by atoms with E-state index < -0.39 is 54.6 Å². The van der Waals surface area contributed by atoms with Gasteiger partial charge in [-0.15, -0.1) is 0 Å². The van der Waals surface area contributed by atoms with Crippen molar-refractivity contribution in [3.63, 3.8) is 0 Å². The highest BCUT2D eigenvalue weighted by atomic mass is 16.7. The van der Waals surface area contributed by atoms with Gasteiger partial charge in [-0.2, -0.15) is 0 Å². The lowest BCUT2D eigenvalue weighted by molar-refractivity contribution is -0.280.